The summed E-state index contributed by atoms with van der Waals surface area (Å²) in [5, 5.41) is 0.141. The Morgan fingerprint density at radius 3 is 2.75 bits per heavy atom. The molecule has 0 aliphatic rings. The average Bonchev–Trinajstić information content (AvgIpc) is 1.68. The Kier molecular flexibility index (Phi) is 5.11. The molecule has 3 heteroatoms. The average molecular weight is 132 g/mol. The predicted octanol–water partition coefficient (Wildman–Crippen LogP) is 0.939. The number of hydrogen-bond donors (Lipinski definition) is 0. The second-order valence-electron chi connectivity index (χ2n) is 1.31. The minimum Gasteiger partial charge on any atom is -0.287 e. The van der Waals surface area contributed by atoms with E-state index in [1.54, 1.807) is 0 Å². The van der Waals surface area contributed by atoms with Gasteiger partial charge in [-0.15, -0.1) is 0 Å². The van der Waals surface area contributed by atoms with Crippen LogP contribution in [0.5, 0.6) is 0 Å². The van der Waals surface area contributed by atoms with Crippen molar-refractivity contribution >= 4 is 16.9 Å². The number of hydrogen-bond acceptors (Lipinski definition) is 2. The summed E-state index contributed by atoms with van der Waals surface area (Å²) in [5.41, 5.74) is 6.68. The van der Waals surface area contributed by atoms with Gasteiger partial charge in [-0.3, -0.25) is 10.5 Å². The summed E-state index contributed by atoms with van der Waals surface area (Å²) in [4.78, 5) is 10.5. The van der Waals surface area contributed by atoms with Gasteiger partial charge < -0.3 is 0 Å². The van der Waals surface area contributed by atoms with Crippen LogP contribution >= 0.6 is 11.8 Å². The largest absolute Gasteiger partial charge is 0.287 e. The van der Waals surface area contributed by atoms with E-state index in [2.05, 4.69) is 0 Å². The summed E-state index contributed by atoms with van der Waals surface area (Å²) in [6.45, 7) is 2.17. The van der Waals surface area contributed by atoms with Gasteiger partial charge in [0.25, 0.3) is 0 Å². The van der Waals surface area contributed by atoms with Crippen molar-refractivity contribution in [1.82, 2.24) is 5.73 Å². The molecule has 0 aromatic rings. The van der Waals surface area contributed by atoms with Crippen LogP contribution in [0.1, 0.15) is 13.3 Å². The lowest BCUT2D eigenvalue weighted by Crippen LogP contribution is -1.96. The topological polar surface area (TPSA) is 40.9 Å². The molecule has 0 atom stereocenters. The fourth-order valence-corrected chi connectivity index (χ4v) is 0.904. The van der Waals surface area contributed by atoms with Crippen LogP contribution in [-0.2, 0) is 4.79 Å². The second-order valence-corrected chi connectivity index (χ2v) is 2.63. The molecule has 0 amide bonds. The third-order valence-electron chi connectivity index (χ3n) is 0.634. The first kappa shape index (κ1) is 7.98. The predicted molar refractivity (Wildman–Crippen MR) is 35.7 cm³/mol. The fourth-order valence-electron chi connectivity index (χ4n) is 0.335. The van der Waals surface area contributed by atoms with Gasteiger partial charge in [-0.25, -0.2) is 0 Å². The highest BCUT2D eigenvalue weighted by atomic mass is 32.2. The third-order valence-corrected chi connectivity index (χ3v) is 1.45. The van der Waals surface area contributed by atoms with Gasteiger partial charge in [0, 0.05) is 13.0 Å². The first-order chi connectivity index (χ1) is 3.81. The molecule has 2 nitrogen and oxygen atoms in total. The van der Waals surface area contributed by atoms with Crippen molar-refractivity contribution in [2.45, 2.75) is 13.3 Å². The lowest BCUT2D eigenvalue weighted by molar-refractivity contribution is -0.110. The lowest BCUT2D eigenvalue weighted by Gasteiger charge is -1.90. The Morgan fingerprint density at radius 1 is 1.75 bits per heavy atom. The monoisotopic (exact) mass is 132 g/mol. The molecule has 0 fully saturated rings. The van der Waals surface area contributed by atoms with Gasteiger partial charge in [-0.05, 0) is 5.75 Å². The maximum absolute atomic E-state index is 10.5. The Hall–Kier alpha value is -0.0200. The molecular weight excluding hydrogens is 122 g/mol. The molecule has 1 radical (unpaired) electrons. The van der Waals surface area contributed by atoms with Crippen LogP contribution in [0.3, 0.4) is 0 Å². The van der Waals surface area contributed by atoms with Gasteiger partial charge in [0.05, 0.1) is 0 Å². The van der Waals surface area contributed by atoms with Crippen molar-refractivity contribution in [2.75, 3.05) is 12.3 Å². The summed E-state index contributed by atoms with van der Waals surface area (Å²) in [7, 11) is 0. The molecule has 0 saturated carbocycles. The van der Waals surface area contributed by atoms with E-state index in [1.165, 1.54) is 11.8 Å². The van der Waals surface area contributed by atoms with Gasteiger partial charge in [0.15, 0.2) is 5.12 Å². The number of carbonyl (C=O) groups excluding carboxylic acids is 1. The molecule has 0 bridgehead atoms. The van der Waals surface area contributed by atoms with Crippen LogP contribution < -0.4 is 5.73 Å². The van der Waals surface area contributed by atoms with Gasteiger partial charge in [-0.1, -0.05) is 18.7 Å². The summed E-state index contributed by atoms with van der Waals surface area (Å²) in [6.07, 6.45) is 0.401. The second kappa shape index (κ2) is 5.12. The van der Waals surface area contributed by atoms with E-state index in [9.17, 15) is 4.79 Å². The van der Waals surface area contributed by atoms with Crippen LogP contribution in [0.25, 0.3) is 0 Å². The molecule has 8 heavy (non-hydrogen) atoms. The molecule has 0 unspecified atom stereocenters. The molecule has 1 N–H and O–H groups in total. The highest BCUT2D eigenvalue weighted by Crippen LogP contribution is 2.02. The number of rotatable bonds is 3. The molecule has 0 aliphatic heterocycles. The number of carbonyl (C=O) groups is 1. The SMILES string of the molecule is CCSC(=O)CC[NH]. The van der Waals surface area contributed by atoms with Crippen molar-refractivity contribution in [3.05, 3.63) is 0 Å². The molecule has 0 aliphatic carbocycles. The normalized spacial score (nSPS) is 9.25. The van der Waals surface area contributed by atoms with Crippen molar-refractivity contribution in [3.8, 4) is 0 Å². The number of thioether (sulfide) groups is 1. The van der Waals surface area contributed by atoms with Crippen LogP contribution in [-0.4, -0.2) is 17.4 Å². The van der Waals surface area contributed by atoms with Crippen molar-refractivity contribution in [1.29, 1.82) is 0 Å². The molecule has 0 heterocycles. The molecular formula is C5H10NOS. The van der Waals surface area contributed by atoms with Crippen molar-refractivity contribution < 1.29 is 4.79 Å². The van der Waals surface area contributed by atoms with Crippen molar-refractivity contribution in [2.24, 2.45) is 0 Å². The van der Waals surface area contributed by atoms with Gasteiger partial charge >= 0.3 is 0 Å². The zero-order valence-electron chi connectivity index (χ0n) is 4.94. The molecule has 0 aromatic carbocycles. The maximum atomic E-state index is 10.5. The smallest absolute Gasteiger partial charge is 0.190 e. The standard InChI is InChI=1S/C5H10NOS/c1-2-8-5(7)3-4-6/h6H,2-4H2,1H3. The zero-order chi connectivity index (χ0) is 6.41. The van der Waals surface area contributed by atoms with E-state index in [-0.39, 0.29) is 11.7 Å². The van der Waals surface area contributed by atoms with Crippen molar-refractivity contribution in [3.63, 3.8) is 0 Å². The Bertz CT molecular complexity index is 66.8. The Labute approximate surface area is 53.8 Å². The van der Waals surface area contributed by atoms with E-state index < -0.39 is 0 Å². The van der Waals surface area contributed by atoms with Crippen LogP contribution in [0, 0.1) is 0 Å². The number of nitrogens with one attached hydrogen (secondary N) is 1. The van der Waals surface area contributed by atoms with Gasteiger partial charge in [0.1, 0.15) is 0 Å². The molecule has 47 valence electrons. The summed E-state index contributed by atoms with van der Waals surface area (Å²) in [5.74, 6) is 0.832. The van der Waals surface area contributed by atoms with Gasteiger partial charge in [-0.2, -0.15) is 0 Å². The van der Waals surface area contributed by atoms with E-state index in [0.29, 0.717) is 6.42 Å². The molecule has 0 aromatic heterocycles. The third kappa shape index (κ3) is 4.15. The molecule has 0 saturated heterocycles. The van der Waals surface area contributed by atoms with E-state index in [1.807, 2.05) is 6.92 Å². The van der Waals surface area contributed by atoms with Gasteiger partial charge in [0.2, 0.25) is 0 Å². The lowest BCUT2D eigenvalue weighted by atomic mass is 10.5. The van der Waals surface area contributed by atoms with E-state index >= 15 is 0 Å². The first-order valence-electron chi connectivity index (χ1n) is 2.61. The van der Waals surface area contributed by atoms with E-state index in [4.69, 9.17) is 5.73 Å². The Balaban J connectivity index is 3.06. The quantitative estimate of drug-likeness (QED) is 0.573. The fraction of sp³-hybridized carbons (Fsp3) is 0.800. The van der Waals surface area contributed by atoms with Crippen LogP contribution in [0.4, 0.5) is 0 Å². The molecule has 0 rings (SSSR count). The minimum absolute atomic E-state index is 0.141. The zero-order valence-corrected chi connectivity index (χ0v) is 5.75. The summed E-state index contributed by atoms with van der Waals surface area (Å²) >= 11 is 1.30. The molecule has 0 spiro atoms. The highest BCUT2D eigenvalue weighted by molar-refractivity contribution is 8.13. The van der Waals surface area contributed by atoms with Crippen LogP contribution in [0.2, 0.25) is 0 Å². The Morgan fingerprint density at radius 2 is 2.38 bits per heavy atom. The summed E-state index contributed by atoms with van der Waals surface area (Å²) in [6, 6.07) is 0. The van der Waals surface area contributed by atoms with Crippen LogP contribution in [0.15, 0.2) is 0 Å². The van der Waals surface area contributed by atoms with E-state index in [0.717, 1.165) is 5.75 Å². The first-order valence-corrected chi connectivity index (χ1v) is 3.60. The highest BCUT2D eigenvalue weighted by Gasteiger charge is 1.96. The minimum atomic E-state index is 0.141. The maximum Gasteiger partial charge on any atom is 0.190 e. The summed E-state index contributed by atoms with van der Waals surface area (Å²) < 4.78 is 0.